The molecule has 0 aliphatic heterocycles. The molecule has 102 valence electrons. The molecule has 2 heterocycles. The van der Waals surface area contributed by atoms with Gasteiger partial charge in [-0.3, -0.25) is 4.98 Å². The van der Waals surface area contributed by atoms with Crippen molar-refractivity contribution in [3.8, 4) is 10.6 Å². The first-order valence-corrected chi connectivity index (χ1v) is 7.68. The zero-order chi connectivity index (χ0) is 13.7. The number of pyridine rings is 1. The average Bonchev–Trinajstić information content (AvgIpc) is 2.83. The van der Waals surface area contributed by atoms with Crippen molar-refractivity contribution in [2.45, 2.75) is 39.7 Å². The number of aromatic nitrogens is 2. The smallest absolute Gasteiger partial charge is 0.124 e. The molecule has 0 aromatic carbocycles. The molecule has 2 aromatic heterocycles. The molecule has 1 N–H and O–H groups in total. The fourth-order valence-corrected chi connectivity index (χ4v) is 3.33. The highest BCUT2D eigenvalue weighted by Gasteiger charge is 2.13. The first-order valence-electron chi connectivity index (χ1n) is 6.86. The molecule has 2 rings (SSSR count). The normalized spacial score (nSPS) is 10.9. The Bertz CT molecular complexity index is 510. The Kier molecular flexibility index (Phi) is 5.05. The van der Waals surface area contributed by atoms with Crippen LogP contribution in [0.3, 0.4) is 0 Å². The standard InChI is InChI=1S/C15H21N3S/c1-4-6-13-14(10-16-3)19-15(18-13)12-7-8-17-9-11(12)5-2/h7-9,16H,4-6,10H2,1-3H3. The van der Waals surface area contributed by atoms with Crippen LogP contribution in [-0.4, -0.2) is 17.0 Å². The summed E-state index contributed by atoms with van der Waals surface area (Å²) < 4.78 is 0. The molecule has 0 unspecified atom stereocenters. The van der Waals surface area contributed by atoms with E-state index in [2.05, 4.69) is 30.2 Å². The van der Waals surface area contributed by atoms with Gasteiger partial charge in [0.25, 0.3) is 0 Å². The Morgan fingerprint density at radius 1 is 1.32 bits per heavy atom. The minimum Gasteiger partial charge on any atom is -0.315 e. The van der Waals surface area contributed by atoms with Gasteiger partial charge in [0, 0.05) is 29.4 Å². The molecule has 0 fully saturated rings. The van der Waals surface area contributed by atoms with E-state index in [1.807, 2.05) is 19.4 Å². The maximum atomic E-state index is 4.85. The summed E-state index contributed by atoms with van der Waals surface area (Å²) in [5.74, 6) is 0. The number of hydrogen-bond acceptors (Lipinski definition) is 4. The van der Waals surface area contributed by atoms with Crippen molar-refractivity contribution in [1.29, 1.82) is 0 Å². The largest absolute Gasteiger partial charge is 0.315 e. The summed E-state index contributed by atoms with van der Waals surface area (Å²) in [4.78, 5) is 10.4. The van der Waals surface area contributed by atoms with Gasteiger partial charge in [-0.2, -0.15) is 0 Å². The van der Waals surface area contributed by atoms with Crippen LogP contribution in [0.2, 0.25) is 0 Å². The summed E-state index contributed by atoms with van der Waals surface area (Å²) in [6, 6.07) is 2.08. The molecule has 0 bridgehead atoms. The van der Waals surface area contributed by atoms with E-state index in [0.29, 0.717) is 0 Å². The summed E-state index contributed by atoms with van der Waals surface area (Å²) in [5, 5.41) is 4.37. The van der Waals surface area contributed by atoms with Crippen LogP contribution in [0.1, 0.15) is 36.4 Å². The van der Waals surface area contributed by atoms with E-state index in [9.17, 15) is 0 Å². The molecule has 2 aromatic rings. The summed E-state index contributed by atoms with van der Waals surface area (Å²) in [7, 11) is 1.99. The Balaban J connectivity index is 2.41. The lowest BCUT2D eigenvalue weighted by atomic mass is 10.1. The predicted molar refractivity (Wildman–Crippen MR) is 81.5 cm³/mol. The minimum absolute atomic E-state index is 0.902. The van der Waals surface area contributed by atoms with Gasteiger partial charge >= 0.3 is 0 Å². The Morgan fingerprint density at radius 3 is 2.84 bits per heavy atom. The highest BCUT2D eigenvalue weighted by atomic mass is 32.1. The quantitative estimate of drug-likeness (QED) is 0.877. The fraction of sp³-hybridized carbons (Fsp3) is 0.467. The molecular weight excluding hydrogens is 254 g/mol. The van der Waals surface area contributed by atoms with E-state index < -0.39 is 0 Å². The van der Waals surface area contributed by atoms with Gasteiger partial charge in [-0.1, -0.05) is 20.3 Å². The third kappa shape index (κ3) is 3.19. The number of thiazole rings is 1. The van der Waals surface area contributed by atoms with Crippen molar-refractivity contribution in [3.05, 3.63) is 34.6 Å². The number of nitrogens with zero attached hydrogens (tertiary/aromatic N) is 2. The van der Waals surface area contributed by atoms with Crippen LogP contribution < -0.4 is 5.32 Å². The number of aryl methyl sites for hydroxylation is 2. The molecule has 0 saturated carbocycles. The van der Waals surface area contributed by atoms with Gasteiger partial charge in [0.2, 0.25) is 0 Å². The van der Waals surface area contributed by atoms with Gasteiger partial charge in [-0.15, -0.1) is 11.3 Å². The molecule has 3 nitrogen and oxygen atoms in total. The first-order chi connectivity index (χ1) is 9.30. The monoisotopic (exact) mass is 275 g/mol. The van der Waals surface area contributed by atoms with E-state index in [4.69, 9.17) is 4.98 Å². The van der Waals surface area contributed by atoms with Crippen molar-refractivity contribution in [3.63, 3.8) is 0 Å². The van der Waals surface area contributed by atoms with Crippen molar-refractivity contribution >= 4 is 11.3 Å². The lowest BCUT2D eigenvalue weighted by molar-refractivity contribution is 0.798. The Morgan fingerprint density at radius 2 is 2.16 bits per heavy atom. The third-order valence-electron chi connectivity index (χ3n) is 3.12. The van der Waals surface area contributed by atoms with Gasteiger partial charge in [-0.05, 0) is 31.5 Å². The number of rotatable bonds is 6. The maximum absolute atomic E-state index is 4.85. The molecule has 0 radical (unpaired) electrons. The van der Waals surface area contributed by atoms with E-state index in [-0.39, 0.29) is 0 Å². The molecule has 0 spiro atoms. The summed E-state index contributed by atoms with van der Waals surface area (Å²) in [6.07, 6.45) is 6.99. The minimum atomic E-state index is 0.902. The van der Waals surface area contributed by atoms with Gasteiger partial charge in [-0.25, -0.2) is 4.98 Å². The number of nitrogens with one attached hydrogen (secondary N) is 1. The highest BCUT2D eigenvalue weighted by Crippen LogP contribution is 2.31. The van der Waals surface area contributed by atoms with Gasteiger partial charge in [0.1, 0.15) is 5.01 Å². The van der Waals surface area contributed by atoms with Crippen LogP contribution in [-0.2, 0) is 19.4 Å². The van der Waals surface area contributed by atoms with Crippen LogP contribution in [0.4, 0.5) is 0 Å². The molecule has 0 amide bonds. The highest BCUT2D eigenvalue weighted by molar-refractivity contribution is 7.15. The van der Waals surface area contributed by atoms with Crippen LogP contribution >= 0.6 is 11.3 Å². The molecule has 0 aliphatic carbocycles. The topological polar surface area (TPSA) is 37.8 Å². The molecular formula is C15H21N3S. The van der Waals surface area contributed by atoms with E-state index in [1.165, 1.54) is 21.7 Å². The first kappa shape index (κ1) is 14.2. The number of hydrogen-bond donors (Lipinski definition) is 1. The van der Waals surface area contributed by atoms with E-state index >= 15 is 0 Å². The van der Waals surface area contributed by atoms with Crippen LogP contribution in [0.25, 0.3) is 10.6 Å². The third-order valence-corrected chi connectivity index (χ3v) is 4.25. The van der Waals surface area contributed by atoms with Crippen LogP contribution in [0.15, 0.2) is 18.5 Å². The zero-order valence-electron chi connectivity index (χ0n) is 11.9. The summed E-state index contributed by atoms with van der Waals surface area (Å²) in [6.45, 7) is 5.27. The second-order valence-corrected chi connectivity index (χ2v) is 5.64. The second-order valence-electron chi connectivity index (χ2n) is 4.56. The van der Waals surface area contributed by atoms with Gasteiger partial charge in [0.15, 0.2) is 0 Å². The Labute approximate surface area is 119 Å². The molecule has 19 heavy (non-hydrogen) atoms. The molecule has 0 atom stereocenters. The van der Waals surface area contributed by atoms with Crippen molar-refractivity contribution < 1.29 is 0 Å². The lowest BCUT2D eigenvalue weighted by Crippen LogP contribution is -2.05. The molecule has 0 saturated heterocycles. The summed E-state index contributed by atoms with van der Waals surface area (Å²) >= 11 is 1.81. The van der Waals surface area contributed by atoms with E-state index in [0.717, 1.165) is 30.8 Å². The van der Waals surface area contributed by atoms with Crippen molar-refractivity contribution in [1.82, 2.24) is 15.3 Å². The van der Waals surface area contributed by atoms with Crippen molar-refractivity contribution in [2.75, 3.05) is 7.05 Å². The fourth-order valence-electron chi connectivity index (χ4n) is 2.15. The second kappa shape index (κ2) is 6.78. The average molecular weight is 275 g/mol. The van der Waals surface area contributed by atoms with E-state index in [1.54, 1.807) is 11.3 Å². The molecule has 0 aliphatic rings. The molecule has 4 heteroatoms. The van der Waals surface area contributed by atoms with Crippen LogP contribution in [0.5, 0.6) is 0 Å². The predicted octanol–water partition coefficient (Wildman–Crippen LogP) is 3.44. The maximum Gasteiger partial charge on any atom is 0.124 e. The SMILES string of the molecule is CCCc1nc(-c2ccncc2CC)sc1CNC. The van der Waals surface area contributed by atoms with Crippen LogP contribution in [0, 0.1) is 0 Å². The van der Waals surface area contributed by atoms with Crippen molar-refractivity contribution in [2.24, 2.45) is 0 Å². The Hall–Kier alpha value is -1.26. The van der Waals surface area contributed by atoms with Gasteiger partial charge in [0.05, 0.1) is 5.69 Å². The lowest BCUT2D eigenvalue weighted by Gasteiger charge is -2.02. The summed E-state index contributed by atoms with van der Waals surface area (Å²) in [5.41, 5.74) is 3.76. The zero-order valence-corrected chi connectivity index (χ0v) is 12.7. The van der Waals surface area contributed by atoms with Gasteiger partial charge < -0.3 is 5.32 Å².